The zero-order chi connectivity index (χ0) is 11.3. The van der Waals surface area contributed by atoms with Gasteiger partial charge in [0.25, 0.3) is 0 Å². The summed E-state index contributed by atoms with van der Waals surface area (Å²) in [5, 5.41) is 5.75. The molecule has 0 bridgehead atoms. The van der Waals surface area contributed by atoms with Crippen LogP contribution in [0.1, 0.15) is 24.1 Å². The van der Waals surface area contributed by atoms with Crippen LogP contribution in [0, 0.1) is 6.92 Å². The van der Waals surface area contributed by atoms with Crippen LogP contribution < -0.4 is 10.6 Å². The lowest BCUT2D eigenvalue weighted by Gasteiger charge is -2.14. The van der Waals surface area contributed by atoms with E-state index in [1.165, 1.54) is 11.1 Å². The largest absolute Gasteiger partial charge is 0.358 e. The van der Waals surface area contributed by atoms with Crippen LogP contribution in [-0.4, -0.2) is 19.5 Å². The molecule has 0 aliphatic heterocycles. The molecule has 0 fully saturated rings. The van der Waals surface area contributed by atoms with Crippen molar-refractivity contribution in [3.05, 3.63) is 35.4 Å². The van der Waals surface area contributed by atoms with Crippen molar-refractivity contribution in [1.29, 1.82) is 0 Å². The second-order valence-corrected chi connectivity index (χ2v) is 3.69. The van der Waals surface area contributed by atoms with Crippen LogP contribution in [0.15, 0.2) is 24.3 Å². The van der Waals surface area contributed by atoms with E-state index in [9.17, 15) is 4.79 Å². The normalized spacial score (nSPS) is 12.2. The molecule has 3 nitrogen and oxygen atoms in total. The lowest BCUT2D eigenvalue weighted by Crippen LogP contribution is -2.32. The third kappa shape index (κ3) is 3.72. The Balaban J connectivity index is 2.53. The second-order valence-electron chi connectivity index (χ2n) is 3.69. The molecule has 1 aromatic carbocycles. The highest BCUT2D eigenvalue weighted by atomic mass is 16.1. The minimum absolute atomic E-state index is 0.00880. The Bertz CT molecular complexity index is 336. The summed E-state index contributed by atoms with van der Waals surface area (Å²) in [5.74, 6) is 0.00880. The van der Waals surface area contributed by atoms with Crippen LogP contribution in [0.3, 0.4) is 0 Å². The van der Waals surface area contributed by atoms with E-state index in [1.807, 2.05) is 6.07 Å². The predicted octanol–water partition coefficient (Wildman–Crippen LogP) is 1.39. The van der Waals surface area contributed by atoms with Crippen LogP contribution >= 0.6 is 0 Å². The third-order valence-electron chi connectivity index (χ3n) is 2.39. The summed E-state index contributed by atoms with van der Waals surface area (Å²) in [7, 11) is 1.64. The van der Waals surface area contributed by atoms with Gasteiger partial charge in [0.1, 0.15) is 0 Å². The smallest absolute Gasteiger partial charge is 0.233 e. The average molecular weight is 206 g/mol. The van der Waals surface area contributed by atoms with Crippen molar-refractivity contribution in [3.63, 3.8) is 0 Å². The van der Waals surface area contributed by atoms with Crippen LogP contribution in [0.25, 0.3) is 0 Å². The zero-order valence-electron chi connectivity index (χ0n) is 9.50. The summed E-state index contributed by atoms with van der Waals surface area (Å²) in [6.07, 6.45) is 0. The molecule has 0 heterocycles. The van der Waals surface area contributed by atoms with E-state index in [0.717, 1.165) is 0 Å². The number of aryl methyl sites for hydroxylation is 1. The first-order valence-corrected chi connectivity index (χ1v) is 5.14. The fraction of sp³-hybridized carbons (Fsp3) is 0.417. The van der Waals surface area contributed by atoms with Crippen molar-refractivity contribution >= 4 is 5.91 Å². The Morgan fingerprint density at radius 3 is 2.80 bits per heavy atom. The van der Waals surface area contributed by atoms with E-state index < -0.39 is 0 Å². The van der Waals surface area contributed by atoms with Crippen LogP contribution in [-0.2, 0) is 4.79 Å². The zero-order valence-corrected chi connectivity index (χ0v) is 9.50. The Labute approximate surface area is 90.9 Å². The highest BCUT2D eigenvalue weighted by Crippen LogP contribution is 2.12. The van der Waals surface area contributed by atoms with Crippen LogP contribution in [0.2, 0.25) is 0 Å². The maximum Gasteiger partial charge on any atom is 0.233 e. The van der Waals surface area contributed by atoms with Gasteiger partial charge in [0, 0.05) is 13.1 Å². The van der Waals surface area contributed by atoms with E-state index >= 15 is 0 Å². The van der Waals surface area contributed by atoms with Gasteiger partial charge in [-0.25, -0.2) is 0 Å². The lowest BCUT2D eigenvalue weighted by atomic mass is 10.1. The van der Waals surface area contributed by atoms with Gasteiger partial charge in [0.15, 0.2) is 0 Å². The van der Waals surface area contributed by atoms with Gasteiger partial charge in [-0.3, -0.25) is 4.79 Å². The topological polar surface area (TPSA) is 41.1 Å². The van der Waals surface area contributed by atoms with E-state index in [-0.39, 0.29) is 11.9 Å². The molecule has 0 aliphatic carbocycles. The van der Waals surface area contributed by atoms with E-state index in [4.69, 9.17) is 0 Å². The lowest BCUT2D eigenvalue weighted by molar-refractivity contribution is -0.119. The SMILES string of the molecule is CNC(=O)CN[C@@H](C)c1cccc(C)c1. The number of likely N-dealkylation sites (N-methyl/N-ethyl adjacent to an activating group) is 1. The van der Waals surface area contributed by atoms with Gasteiger partial charge in [-0.1, -0.05) is 29.8 Å². The Morgan fingerprint density at radius 1 is 1.47 bits per heavy atom. The average Bonchev–Trinajstić information content (AvgIpc) is 2.25. The molecule has 0 unspecified atom stereocenters. The molecule has 0 saturated carbocycles. The number of benzene rings is 1. The van der Waals surface area contributed by atoms with Gasteiger partial charge in [0.2, 0.25) is 5.91 Å². The van der Waals surface area contributed by atoms with Crippen molar-refractivity contribution in [3.8, 4) is 0 Å². The summed E-state index contributed by atoms with van der Waals surface area (Å²) >= 11 is 0. The molecule has 1 amide bonds. The summed E-state index contributed by atoms with van der Waals surface area (Å²) in [6.45, 7) is 4.47. The van der Waals surface area contributed by atoms with Gasteiger partial charge >= 0.3 is 0 Å². The molecule has 1 rings (SSSR count). The van der Waals surface area contributed by atoms with Crippen molar-refractivity contribution in [2.75, 3.05) is 13.6 Å². The van der Waals surface area contributed by atoms with E-state index in [1.54, 1.807) is 7.05 Å². The number of rotatable bonds is 4. The number of carbonyl (C=O) groups excluding carboxylic acids is 1. The predicted molar refractivity (Wildman–Crippen MR) is 61.7 cm³/mol. The summed E-state index contributed by atoms with van der Waals surface area (Å²) in [5.41, 5.74) is 2.44. The molecule has 15 heavy (non-hydrogen) atoms. The van der Waals surface area contributed by atoms with Crippen LogP contribution in [0.5, 0.6) is 0 Å². The molecule has 0 aromatic heterocycles. The molecule has 1 atom stereocenters. The third-order valence-corrected chi connectivity index (χ3v) is 2.39. The molecule has 82 valence electrons. The summed E-state index contributed by atoms with van der Waals surface area (Å²) < 4.78 is 0. The fourth-order valence-corrected chi connectivity index (χ4v) is 1.39. The summed E-state index contributed by atoms with van der Waals surface area (Å²) in [4.78, 5) is 11.0. The first-order valence-electron chi connectivity index (χ1n) is 5.14. The molecule has 0 aliphatic rings. The summed E-state index contributed by atoms with van der Waals surface area (Å²) in [6, 6.07) is 8.48. The van der Waals surface area contributed by atoms with Gasteiger partial charge < -0.3 is 10.6 Å². The number of amides is 1. The van der Waals surface area contributed by atoms with Crippen molar-refractivity contribution in [2.45, 2.75) is 19.9 Å². The maximum atomic E-state index is 11.0. The monoisotopic (exact) mass is 206 g/mol. The van der Waals surface area contributed by atoms with Gasteiger partial charge in [0.05, 0.1) is 6.54 Å². The molecular weight excluding hydrogens is 188 g/mol. The molecule has 1 aromatic rings. The fourth-order valence-electron chi connectivity index (χ4n) is 1.39. The first-order chi connectivity index (χ1) is 7.13. The highest BCUT2D eigenvalue weighted by molar-refractivity contribution is 5.77. The molecule has 0 spiro atoms. The number of nitrogens with one attached hydrogen (secondary N) is 2. The van der Waals surface area contributed by atoms with Gasteiger partial charge in [-0.15, -0.1) is 0 Å². The van der Waals surface area contributed by atoms with Gasteiger partial charge in [-0.2, -0.15) is 0 Å². The Kier molecular flexibility index (Phi) is 4.31. The molecule has 3 heteroatoms. The second kappa shape index (κ2) is 5.51. The molecule has 0 radical (unpaired) electrons. The maximum absolute atomic E-state index is 11.0. The minimum atomic E-state index is 0.00880. The standard InChI is InChI=1S/C12H18N2O/c1-9-5-4-6-11(7-9)10(2)14-8-12(15)13-3/h4-7,10,14H,8H2,1-3H3,(H,13,15)/t10-/m0/s1. The Hall–Kier alpha value is -1.35. The highest BCUT2D eigenvalue weighted by Gasteiger charge is 2.06. The first kappa shape index (κ1) is 11.7. The molecule has 0 saturated heterocycles. The number of hydrogen-bond donors (Lipinski definition) is 2. The van der Waals surface area contributed by atoms with Crippen molar-refractivity contribution in [2.24, 2.45) is 0 Å². The van der Waals surface area contributed by atoms with E-state index in [0.29, 0.717) is 6.54 Å². The Morgan fingerprint density at radius 2 is 2.20 bits per heavy atom. The molecular formula is C12H18N2O. The van der Waals surface area contributed by atoms with Crippen molar-refractivity contribution < 1.29 is 4.79 Å². The quantitative estimate of drug-likeness (QED) is 0.781. The van der Waals surface area contributed by atoms with Crippen LogP contribution in [0.4, 0.5) is 0 Å². The van der Waals surface area contributed by atoms with Crippen molar-refractivity contribution in [1.82, 2.24) is 10.6 Å². The number of carbonyl (C=O) groups is 1. The van der Waals surface area contributed by atoms with E-state index in [2.05, 4.69) is 42.7 Å². The number of hydrogen-bond acceptors (Lipinski definition) is 2. The minimum Gasteiger partial charge on any atom is -0.358 e. The van der Waals surface area contributed by atoms with Gasteiger partial charge in [-0.05, 0) is 19.4 Å². The molecule has 2 N–H and O–H groups in total.